The number of amides is 2. The first-order chi connectivity index (χ1) is 18.2. The highest BCUT2D eigenvalue weighted by atomic mass is 32.2. The Balaban J connectivity index is 2.07. The molecule has 2 amide bonds. The smallest absolute Gasteiger partial charge is 0.264 e. The third-order valence-electron chi connectivity index (χ3n) is 6.34. The van der Waals surface area contributed by atoms with E-state index in [2.05, 4.69) is 5.32 Å². The molecular weight excluding hydrogens is 510 g/mol. The van der Waals surface area contributed by atoms with Crippen LogP contribution in [0.15, 0.2) is 77.7 Å². The summed E-state index contributed by atoms with van der Waals surface area (Å²) in [7, 11) is -4.09. The van der Waals surface area contributed by atoms with E-state index < -0.39 is 34.1 Å². The Hall–Kier alpha value is -3.65. The summed E-state index contributed by atoms with van der Waals surface area (Å²) < 4.78 is 29.0. The Labute approximate surface area is 232 Å². The van der Waals surface area contributed by atoms with E-state index in [1.165, 1.54) is 17.0 Å². The van der Waals surface area contributed by atoms with Gasteiger partial charge < -0.3 is 10.2 Å². The van der Waals surface area contributed by atoms with Gasteiger partial charge in [-0.1, -0.05) is 60.2 Å². The second kappa shape index (κ2) is 12.0. The Morgan fingerprint density at radius 3 is 2.13 bits per heavy atom. The molecule has 0 aliphatic rings. The minimum atomic E-state index is -4.09. The number of sulfonamides is 1. The molecule has 3 aromatic carbocycles. The van der Waals surface area contributed by atoms with Gasteiger partial charge in [0.2, 0.25) is 11.8 Å². The molecule has 3 rings (SSSR count). The van der Waals surface area contributed by atoms with Crippen LogP contribution < -0.4 is 9.62 Å². The fourth-order valence-electron chi connectivity index (χ4n) is 4.28. The molecule has 0 saturated carbocycles. The van der Waals surface area contributed by atoms with Crippen molar-refractivity contribution in [3.63, 3.8) is 0 Å². The highest BCUT2D eigenvalue weighted by molar-refractivity contribution is 7.92. The van der Waals surface area contributed by atoms with Crippen LogP contribution in [0.3, 0.4) is 0 Å². The van der Waals surface area contributed by atoms with Crippen molar-refractivity contribution in [2.75, 3.05) is 10.8 Å². The van der Waals surface area contributed by atoms with Crippen LogP contribution in [-0.4, -0.2) is 43.3 Å². The van der Waals surface area contributed by atoms with E-state index >= 15 is 0 Å². The molecule has 0 bridgehead atoms. The molecule has 0 radical (unpaired) electrons. The van der Waals surface area contributed by atoms with Gasteiger partial charge in [-0.3, -0.25) is 13.9 Å². The quantitative estimate of drug-likeness (QED) is 0.401. The second-order valence-corrected chi connectivity index (χ2v) is 12.9. The summed E-state index contributed by atoms with van der Waals surface area (Å²) >= 11 is 0. The van der Waals surface area contributed by atoms with Gasteiger partial charge in [0.1, 0.15) is 12.6 Å². The van der Waals surface area contributed by atoms with Gasteiger partial charge in [0.15, 0.2) is 0 Å². The zero-order valence-electron chi connectivity index (χ0n) is 23.9. The van der Waals surface area contributed by atoms with E-state index in [0.717, 1.165) is 26.6 Å². The number of nitrogens with zero attached hydrogens (tertiary/aromatic N) is 2. The molecule has 208 valence electrons. The average molecular weight is 550 g/mol. The van der Waals surface area contributed by atoms with Crippen LogP contribution in [0.2, 0.25) is 0 Å². The summed E-state index contributed by atoms with van der Waals surface area (Å²) in [6, 6.07) is 20.5. The molecule has 0 fully saturated rings. The van der Waals surface area contributed by atoms with Crippen LogP contribution in [-0.2, 0) is 26.2 Å². The first kappa shape index (κ1) is 29.9. The van der Waals surface area contributed by atoms with Crippen molar-refractivity contribution in [3.8, 4) is 0 Å². The lowest BCUT2D eigenvalue weighted by Crippen LogP contribution is -2.54. The maximum atomic E-state index is 14.0. The molecule has 1 N–H and O–H groups in total. The lowest BCUT2D eigenvalue weighted by atomic mass is 10.1. The van der Waals surface area contributed by atoms with E-state index in [9.17, 15) is 18.0 Å². The molecule has 39 heavy (non-hydrogen) atoms. The summed E-state index contributed by atoms with van der Waals surface area (Å²) in [4.78, 5) is 28.8. The van der Waals surface area contributed by atoms with E-state index in [1.54, 1.807) is 31.2 Å². The van der Waals surface area contributed by atoms with Crippen LogP contribution in [0.1, 0.15) is 49.9 Å². The van der Waals surface area contributed by atoms with Crippen molar-refractivity contribution in [3.05, 3.63) is 95.1 Å². The highest BCUT2D eigenvalue weighted by Gasteiger charge is 2.33. The monoisotopic (exact) mass is 549 g/mol. The molecule has 0 unspecified atom stereocenters. The van der Waals surface area contributed by atoms with Crippen molar-refractivity contribution < 1.29 is 18.0 Å². The standard InChI is InChI=1S/C31H39N3O4S/c1-22-12-11-13-26(18-22)20-33(25(4)30(36)32-31(5,6)7)29(35)21-34(28-19-23(2)16-17-24(28)3)39(37,38)27-14-9-8-10-15-27/h8-19,25H,20-21H2,1-7H3,(H,32,36)/t25-/m0/s1. The molecule has 1 atom stereocenters. The summed E-state index contributed by atoms with van der Waals surface area (Å²) in [6.45, 7) is 12.6. The number of nitrogens with one attached hydrogen (secondary N) is 1. The predicted octanol–water partition coefficient (Wildman–Crippen LogP) is 5.14. The fourth-order valence-corrected chi connectivity index (χ4v) is 5.78. The van der Waals surface area contributed by atoms with E-state index in [1.807, 2.05) is 77.9 Å². The topological polar surface area (TPSA) is 86.8 Å². The van der Waals surface area contributed by atoms with Crippen LogP contribution in [0.5, 0.6) is 0 Å². The van der Waals surface area contributed by atoms with Gasteiger partial charge in [-0.15, -0.1) is 0 Å². The van der Waals surface area contributed by atoms with Crippen molar-refractivity contribution in [1.82, 2.24) is 10.2 Å². The summed E-state index contributed by atoms with van der Waals surface area (Å²) in [6.07, 6.45) is 0. The lowest BCUT2D eigenvalue weighted by molar-refractivity contribution is -0.140. The molecular formula is C31H39N3O4S. The maximum Gasteiger partial charge on any atom is 0.264 e. The summed E-state index contributed by atoms with van der Waals surface area (Å²) in [5, 5.41) is 2.94. The Bertz CT molecular complexity index is 1430. The minimum Gasteiger partial charge on any atom is -0.350 e. The number of hydrogen-bond donors (Lipinski definition) is 1. The van der Waals surface area contributed by atoms with Crippen molar-refractivity contribution in [1.29, 1.82) is 0 Å². The van der Waals surface area contributed by atoms with E-state index in [-0.39, 0.29) is 17.3 Å². The van der Waals surface area contributed by atoms with Crippen molar-refractivity contribution in [2.24, 2.45) is 0 Å². The Morgan fingerprint density at radius 2 is 1.51 bits per heavy atom. The second-order valence-electron chi connectivity index (χ2n) is 11.0. The fraction of sp³-hybridized carbons (Fsp3) is 0.355. The summed E-state index contributed by atoms with van der Waals surface area (Å²) in [5.74, 6) is -0.791. The van der Waals surface area contributed by atoms with Crippen molar-refractivity contribution in [2.45, 2.75) is 71.5 Å². The van der Waals surface area contributed by atoms with Crippen LogP contribution in [0, 0.1) is 20.8 Å². The molecule has 0 aromatic heterocycles. The third kappa shape index (κ3) is 7.69. The van der Waals surface area contributed by atoms with E-state index in [4.69, 9.17) is 0 Å². The van der Waals surface area contributed by atoms with Crippen molar-refractivity contribution >= 4 is 27.5 Å². The van der Waals surface area contributed by atoms with Gasteiger partial charge in [0, 0.05) is 12.1 Å². The number of anilines is 1. The van der Waals surface area contributed by atoms with E-state index in [0.29, 0.717) is 5.69 Å². The van der Waals surface area contributed by atoms with Crippen LogP contribution in [0.4, 0.5) is 5.69 Å². The third-order valence-corrected chi connectivity index (χ3v) is 8.12. The predicted molar refractivity (Wildman–Crippen MR) is 156 cm³/mol. The van der Waals surface area contributed by atoms with Gasteiger partial charge in [-0.2, -0.15) is 0 Å². The molecule has 8 heteroatoms. The number of hydrogen-bond acceptors (Lipinski definition) is 4. The zero-order valence-corrected chi connectivity index (χ0v) is 24.7. The normalized spacial score (nSPS) is 12.5. The minimum absolute atomic E-state index is 0.0856. The van der Waals surface area contributed by atoms with Crippen LogP contribution >= 0.6 is 0 Å². The molecule has 0 aliphatic carbocycles. The van der Waals surface area contributed by atoms with Gasteiger partial charge in [-0.25, -0.2) is 8.42 Å². The molecule has 0 spiro atoms. The molecule has 3 aromatic rings. The molecule has 7 nitrogen and oxygen atoms in total. The maximum absolute atomic E-state index is 14.0. The summed E-state index contributed by atoms with van der Waals surface area (Å²) in [5.41, 5.74) is 3.39. The number of carbonyl (C=O) groups excluding carboxylic acids is 2. The number of rotatable bonds is 9. The first-order valence-corrected chi connectivity index (χ1v) is 14.4. The van der Waals surface area contributed by atoms with Crippen LogP contribution in [0.25, 0.3) is 0 Å². The van der Waals surface area contributed by atoms with Gasteiger partial charge >= 0.3 is 0 Å². The first-order valence-electron chi connectivity index (χ1n) is 13.0. The van der Waals surface area contributed by atoms with Gasteiger partial charge in [0.05, 0.1) is 10.6 Å². The Kier molecular flexibility index (Phi) is 9.22. The number of aryl methyl sites for hydroxylation is 3. The number of carbonyl (C=O) groups is 2. The molecule has 0 aliphatic heterocycles. The van der Waals surface area contributed by atoms with Gasteiger partial charge in [-0.05, 0) is 83.4 Å². The highest BCUT2D eigenvalue weighted by Crippen LogP contribution is 2.28. The molecule has 0 heterocycles. The average Bonchev–Trinajstić information content (AvgIpc) is 2.86. The zero-order chi connectivity index (χ0) is 29.0. The van der Waals surface area contributed by atoms with Gasteiger partial charge in [0.25, 0.3) is 10.0 Å². The molecule has 0 saturated heterocycles. The number of benzene rings is 3. The lowest BCUT2D eigenvalue weighted by Gasteiger charge is -2.34. The Morgan fingerprint density at radius 1 is 0.872 bits per heavy atom. The SMILES string of the molecule is Cc1cccc(CN(C(=O)CN(c2cc(C)ccc2C)S(=O)(=O)c2ccccc2)[C@@H](C)C(=O)NC(C)(C)C)c1. The largest absolute Gasteiger partial charge is 0.350 e.